The molecule has 13 heavy (non-hydrogen) atoms. The van der Waals surface area contributed by atoms with E-state index in [2.05, 4.69) is 18.2 Å². The van der Waals surface area contributed by atoms with Crippen LogP contribution in [0.5, 0.6) is 0 Å². The molecule has 0 amide bonds. The lowest BCUT2D eigenvalue weighted by Gasteiger charge is -2.15. The first-order valence-corrected chi connectivity index (χ1v) is 5.00. The van der Waals surface area contributed by atoms with Crippen LogP contribution in [-0.2, 0) is 4.74 Å². The SMILES string of the molecule is C#CCCCCNC(CC)COC. The molecule has 0 aliphatic heterocycles. The molecule has 1 atom stereocenters. The number of terminal acetylenes is 1. The van der Waals surface area contributed by atoms with E-state index < -0.39 is 0 Å². The summed E-state index contributed by atoms with van der Waals surface area (Å²) in [6.07, 6.45) is 9.43. The van der Waals surface area contributed by atoms with Crippen molar-refractivity contribution < 1.29 is 4.74 Å². The molecular weight excluding hydrogens is 162 g/mol. The van der Waals surface area contributed by atoms with Crippen LogP contribution in [0, 0.1) is 12.3 Å². The lowest BCUT2D eigenvalue weighted by molar-refractivity contribution is 0.164. The van der Waals surface area contributed by atoms with Crippen LogP contribution in [0.3, 0.4) is 0 Å². The number of unbranched alkanes of at least 4 members (excludes halogenated alkanes) is 2. The van der Waals surface area contributed by atoms with E-state index in [9.17, 15) is 0 Å². The molecule has 0 aromatic heterocycles. The van der Waals surface area contributed by atoms with Crippen LogP contribution in [0.15, 0.2) is 0 Å². The fourth-order valence-electron chi connectivity index (χ4n) is 1.18. The number of methoxy groups -OCH3 is 1. The van der Waals surface area contributed by atoms with Crippen molar-refractivity contribution in [3.05, 3.63) is 0 Å². The molecule has 0 fully saturated rings. The van der Waals surface area contributed by atoms with E-state index in [1.165, 1.54) is 0 Å². The highest BCUT2D eigenvalue weighted by Gasteiger charge is 2.02. The Kier molecular flexibility index (Phi) is 9.18. The van der Waals surface area contributed by atoms with Crippen molar-refractivity contribution in [2.45, 2.75) is 38.6 Å². The molecule has 0 aliphatic rings. The molecule has 0 rings (SSSR count). The average Bonchev–Trinajstić information content (AvgIpc) is 2.16. The van der Waals surface area contributed by atoms with Gasteiger partial charge in [-0.1, -0.05) is 6.92 Å². The molecule has 0 heterocycles. The van der Waals surface area contributed by atoms with Gasteiger partial charge < -0.3 is 10.1 Å². The molecule has 0 spiro atoms. The highest BCUT2D eigenvalue weighted by Crippen LogP contribution is 1.95. The Morgan fingerprint density at radius 1 is 1.46 bits per heavy atom. The normalized spacial score (nSPS) is 12.4. The first kappa shape index (κ1) is 12.5. The van der Waals surface area contributed by atoms with Crippen LogP contribution in [0.1, 0.15) is 32.6 Å². The quantitative estimate of drug-likeness (QED) is 0.458. The molecule has 76 valence electrons. The van der Waals surface area contributed by atoms with Gasteiger partial charge in [-0.25, -0.2) is 0 Å². The summed E-state index contributed by atoms with van der Waals surface area (Å²) < 4.78 is 5.08. The molecule has 2 heteroatoms. The van der Waals surface area contributed by atoms with E-state index in [-0.39, 0.29) is 0 Å². The van der Waals surface area contributed by atoms with Gasteiger partial charge in [-0.2, -0.15) is 0 Å². The second-order valence-corrected chi connectivity index (χ2v) is 3.18. The standard InChI is InChI=1S/C11H21NO/c1-4-6-7-8-9-12-11(5-2)10-13-3/h1,11-12H,5-10H2,2-3H3. The summed E-state index contributed by atoms with van der Waals surface area (Å²) in [4.78, 5) is 0. The molecule has 0 saturated carbocycles. The number of nitrogens with one attached hydrogen (secondary N) is 1. The van der Waals surface area contributed by atoms with E-state index in [4.69, 9.17) is 11.2 Å². The minimum absolute atomic E-state index is 0.496. The number of rotatable bonds is 8. The van der Waals surface area contributed by atoms with Crippen molar-refractivity contribution in [1.29, 1.82) is 0 Å². The molecule has 1 unspecified atom stereocenters. The average molecular weight is 183 g/mol. The third-order valence-corrected chi connectivity index (χ3v) is 2.04. The Morgan fingerprint density at radius 2 is 2.23 bits per heavy atom. The van der Waals surface area contributed by atoms with Crippen molar-refractivity contribution in [2.24, 2.45) is 0 Å². The van der Waals surface area contributed by atoms with Gasteiger partial charge in [0.05, 0.1) is 6.61 Å². The van der Waals surface area contributed by atoms with Gasteiger partial charge in [0.1, 0.15) is 0 Å². The molecule has 0 saturated heterocycles. The minimum atomic E-state index is 0.496. The molecule has 0 bridgehead atoms. The van der Waals surface area contributed by atoms with E-state index >= 15 is 0 Å². The lowest BCUT2D eigenvalue weighted by atomic mass is 10.2. The Bertz CT molecular complexity index is 140. The van der Waals surface area contributed by atoms with E-state index in [0.717, 1.165) is 38.8 Å². The Labute approximate surface area is 82.1 Å². The zero-order valence-corrected chi connectivity index (χ0v) is 8.81. The third-order valence-electron chi connectivity index (χ3n) is 2.04. The van der Waals surface area contributed by atoms with Gasteiger partial charge in [-0.3, -0.25) is 0 Å². The van der Waals surface area contributed by atoms with Gasteiger partial charge in [0.15, 0.2) is 0 Å². The first-order chi connectivity index (χ1) is 6.35. The smallest absolute Gasteiger partial charge is 0.0615 e. The first-order valence-electron chi connectivity index (χ1n) is 5.00. The second-order valence-electron chi connectivity index (χ2n) is 3.18. The van der Waals surface area contributed by atoms with Crippen LogP contribution in [0.4, 0.5) is 0 Å². The fourth-order valence-corrected chi connectivity index (χ4v) is 1.18. The Morgan fingerprint density at radius 3 is 2.77 bits per heavy atom. The second kappa shape index (κ2) is 9.57. The number of hydrogen-bond donors (Lipinski definition) is 1. The van der Waals surface area contributed by atoms with Crippen LogP contribution >= 0.6 is 0 Å². The van der Waals surface area contributed by atoms with Crippen LogP contribution in [0.25, 0.3) is 0 Å². The largest absolute Gasteiger partial charge is 0.383 e. The zero-order chi connectivity index (χ0) is 9.94. The van der Waals surface area contributed by atoms with Gasteiger partial charge in [-0.15, -0.1) is 12.3 Å². The number of ether oxygens (including phenoxy) is 1. The highest BCUT2D eigenvalue weighted by atomic mass is 16.5. The molecule has 0 aromatic rings. The lowest BCUT2D eigenvalue weighted by Crippen LogP contribution is -2.33. The van der Waals surface area contributed by atoms with Gasteiger partial charge >= 0.3 is 0 Å². The zero-order valence-electron chi connectivity index (χ0n) is 8.81. The summed E-state index contributed by atoms with van der Waals surface area (Å²) in [6.45, 7) is 4.01. The van der Waals surface area contributed by atoms with Gasteiger partial charge in [0.25, 0.3) is 0 Å². The molecular formula is C11H21NO. The van der Waals surface area contributed by atoms with Gasteiger partial charge in [0.2, 0.25) is 0 Å². The minimum Gasteiger partial charge on any atom is -0.383 e. The maximum atomic E-state index is 5.15. The van der Waals surface area contributed by atoms with E-state index in [1.54, 1.807) is 7.11 Å². The predicted molar refractivity (Wildman–Crippen MR) is 56.6 cm³/mol. The molecule has 2 nitrogen and oxygen atoms in total. The number of hydrogen-bond acceptors (Lipinski definition) is 2. The maximum Gasteiger partial charge on any atom is 0.0615 e. The predicted octanol–water partition coefficient (Wildman–Crippen LogP) is 1.80. The van der Waals surface area contributed by atoms with Crippen LogP contribution < -0.4 is 5.32 Å². The summed E-state index contributed by atoms with van der Waals surface area (Å²) in [5.74, 6) is 2.64. The molecule has 1 N–H and O–H groups in total. The van der Waals surface area contributed by atoms with E-state index in [0.29, 0.717) is 6.04 Å². The summed E-state index contributed by atoms with van der Waals surface area (Å²) in [6, 6.07) is 0.496. The summed E-state index contributed by atoms with van der Waals surface area (Å²) >= 11 is 0. The Hall–Kier alpha value is -0.520. The van der Waals surface area contributed by atoms with Crippen molar-refractivity contribution >= 4 is 0 Å². The van der Waals surface area contributed by atoms with Crippen molar-refractivity contribution in [1.82, 2.24) is 5.32 Å². The monoisotopic (exact) mass is 183 g/mol. The Balaban J connectivity index is 3.23. The topological polar surface area (TPSA) is 21.3 Å². The molecule has 0 aromatic carbocycles. The fraction of sp³-hybridized carbons (Fsp3) is 0.818. The summed E-state index contributed by atoms with van der Waals surface area (Å²) in [5.41, 5.74) is 0. The molecule has 0 aliphatic carbocycles. The van der Waals surface area contributed by atoms with Crippen LogP contribution in [-0.4, -0.2) is 26.3 Å². The van der Waals surface area contributed by atoms with Crippen molar-refractivity contribution in [3.63, 3.8) is 0 Å². The van der Waals surface area contributed by atoms with Crippen molar-refractivity contribution in [2.75, 3.05) is 20.3 Å². The third kappa shape index (κ3) is 7.83. The van der Waals surface area contributed by atoms with Crippen molar-refractivity contribution in [3.8, 4) is 12.3 Å². The van der Waals surface area contributed by atoms with E-state index in [1.807, 2.05) is 0 Å². The van der Waals surface area contributed by atoms with Crippen LogP contribution in [0.2, 0.25) is 0 Å². The van der Waals surface area contributed by atoms with Gasteiger partial charge in [0, 0.05) is 19.6 Å². The summed E-state index contributed by atoms with van der Waals surface area (Å²) in [5, 5.41) is 3.44. The maximum absolute atomic E-state index is 5.15. The highest BCUT2D eigenvalue weighted by molar-refractivity contribution is 4.82. The van der Waals surface area contributed by atoms with Gasteiger partial charge in [-0.05, 0) is 25.8 Å². The summed E-state index contributed by atoms with van der Waals surface area (Å²) in [7, 11) is 1.74. The molecule has 0 radical (unpaired) electrons.